The van der Waals surface area contributed by atoms with Crippen molar-refractivity contribution in [2.45, 2.75) is 45.4 Å². The topological polar surface area (TPSA) is 0 Å². The second-order valence-corrected chi connectivity index (χ2v) is 6.09. The molecule has 1 aromatic rings. The van der Waals surface area contributed by atoms with Crippen molar-refractivity contribution in [1.82, 2.24) is 0 Å². The highest BCUT2D eigenvalue weighted by Gasteiger charge is 2.23. The Kier molecular flexibility index (Phi) is 5.09. The molecule has 1 atom stereocenters. The molecule has 2 rings (SSSR count). The molecule has 1 aliphatic rings. The van der Waals surface area contributed by atoms with Gasteiger partial charge in [-0.1, -0.05) is 72.3 Å². The van der Waals surface area contributed by atoms with Gasteiger partial charge in [0.2, 0.25) is 0 Å². The van der Waals surface area contributed by atoms with Gasteiger partial charge in [0.25, 0.3) is 0 Å². The highest BCUT2D eigenvalue weighted by molar-refractivity contribution is 9.09. The van der Waals surface area contributed by atoms with E-state index in [9.17, 15) is 0 Å². The highest BCUT2D eigenvalue weighted by Crippen LogP contribution is 2.33. The van der Waals surface area contributed by atoms with Crippen molar-refractivity contribution < 1.29 is 0 Å². The minimum atomic E-state index is 0.830. The summed E-state index contributed by atoms with van der Waals surface area (Å²) in [4.78, 5) is 0. The average Bonchev–Trinajstić information content (AvgIpc) is 2.39. The summed E-state index contributed by atoms with van der Waals surface area (Å²) in [5.74, 6) is 1.78. The Labute approximate surface area is 114 Å². The van der Waals surface area contributed by atoms with Gasteiger partial charge in [0.15, 0.2) is 0 Å². The zero-order valence-electron chi connectivity index (χ0n) is 10.8. The van der Waals surface area contributed by atoms with Crippen LogP contribution in [0.15, 0.2) is 24.3 Å². The molecule has 1 fully saturated rings. The van der Waals surface area contributed by atoms with Crippen LogP contribution in [0.3, 0.4) is 0 Å². The third-order valence-corrected chi connectivity index (χ3v) is 5.09. The molecule has 0 nitrogen and oxygen atoms in total. The number of rotatable bonds is 4. The lowest BCUT2D eigenvalue weighted by molar-refractivity contribution is 0.267. The van der Waals surface area contributed by atoms with Crippen LogP contribution in [0.2, 0.25) is 0 Å². The molecule has 17 heavy (non-hydrogen) atoms. The molecule has 0 radical (unpaired) electrons. The number of hydrogen-bond donors (Lipinski definition) is 0. The summed E-state index contributed by atoms with van der Waals surface area (Å²) in [6.07, 6.45) is 8.49. The van der Waals surface area contributed by atoms with E-state index in [0.29, 0.717) is 0 Å². The van der Waals surface area contributed by atoms with Gasteiger partial charge in [-0.15, -0.1) is 0 Å². The van der Waals surface area contributed by atoms with Crippen LogP contribution in [0.25, 0.3) is 0 Å². The van der Waals surface area contributed by atoms with Crippen LogP contribution in [0.5, 0.6) is 0 Å². The number of halogens is 1. The molecule has 0 saturated heterocycles. The Bertz CT molecular complexity index is 339. The number of benzene rings is 1. The standard InChI is InChI=1S/C16H23Br/c1-13-7-5-6-10-15(13)11-16(12-17)14-8-3-2-4-9-14/h5-7,10,14,16H,2-4,8-9,11-12H2,1H3. The van der Waals surface area contributed by atoms with E-state index in [0.717, 1.165) is 17.2 Å². The smallest absolute Gasteiger partial charge is 0.00654 e. The second kappa shape index (κ2) is 6.58. The van der Waals surface area contributed by atoms with Crippen LogP contribution >= 0.6 is 15.9 Å². The van der Waals surface area contributed by atoms with E-state index in [2.05, 4.69) is 47.1 Å². The molecule has 94 valence electrons. The predicted octanol–water partition coefficient (Wildman–Crippen LogP) is 5.13. The van der Waals surface area contributed by atoms with Crippen molar-refractivity contribution in [3.05, 3.63) is 35.4 Å². The molecule has 0 spiro atoms. The number of aryl methyl sites for hydroxylation is 1. The van der Waals surface area contributed by atoms with Crippen molar-refractivity contribution >= 4 is 15.9 Å². The van der Waals surface area contributed by atoms with E-state index in [1.54, 1.807) is 5.56 Å². The fourth-order valence-corrected chi connectivity index (χ4v) is 3.83. The third kappa shape index (κ3) is 3.58. The molecule has 0 bridgehead atoms. The Morgan fingerprint density at radius 2 is 1.88 bits per heavy atom. The molecule has 0 amide bonds. The maximum atomic E-state index is 3.73. The maximum Gasteiger partial charge on any atom is 0.00654 e. The molecule has 1 aromatic carbocycles. The van der Waals surface area contributed by atoms with E-state index in [-0.39, 0.29) is 0 Å². The molecular weight excluding hydrogens is 272 g/mol. The average molecular weight is 295 g/mol. The van der Waals surface area contributed by atoms with Gasteiger partial charge in [-0.2, -0.15) is 0 Å². The summed E-state index contributed by atoms with van der Waals surface area (Å²) in [6.45, 7) is 2.24. The lowest BCUT2D eigenvalue weighted by atomic mass is 9.78. The first-order valence-electron chi connectivity index (χ1n) is 6.91. The van der Waals surface area contributed by atoms with Crippen molar-refractivity contribution in [2.75, 3.05) is 5.33 Å². The van der Waals surface area contributed by atoms with Crippen LogP contribution in [0.4, 0.5) is 0 Å². The highest BCUT2D eigenvalue weighted by atomic mass is 79.9. The Hall–Kier alpha value is -0.300. The molecular formula is C16H23Br. The summed E-state index contributed by atoms with van der Waals surface area (Å²) in [5.41, 5.74) is 3.00. The molecule has 1 saturated carbocycles. The minimum absolute atomic E-state index is 0.830. The van der Waals surface area contributed by atoms with Gasteiger partial charge < -0.3 is 0 Å². The van der Waals surface area contributed by atoms with Crippen LogP contribution in [-0.4, -0.2) is 5.33 Å². The number of alkyl halides is 1. The summed E-state index contributed by atoms with van der Waals surface area (Å²) in [5, 5.41) is 1.16. The molecule has 1 unspecified atom stereocenters. The van der Waals surface area contributed by atoms with Crippen molar-refractivity contribution in [3.8, 4) is 0 Å². The van der Waals surface area contributed by atoms with Crippen LogP contribution in [-0.2, 0) is 6.42 Å². The SMILES string of the molecule is Cc1ccccc1CC(CBr)C1CCCCC1. The monoisotopic (exact) mass is 294 g/mol. The maximum absolute atomic E-state index is 3.73. The molecule has 0 aromatic heterocycles. The summed E-state index contributed by atoms with van der Waals surface area (Å²) in [6, 6.07) is 8.85. The van der Waals surface area contributed by atoms with Gasteiger partial charge in [-0.3, -0.25) is 0 Å². The van der Waals surface area contributed by atoms with E-state index in [1.165, 1.54) is 44.1 Å². The van der Waals surface area contributed by atoms with Crippen LogP contribution in [0.1, 0.15) is 43.2 Å². The number of hydrogen-bond acceptors (Lipinski definition) is 0. The van der Waals surface area contributed by atoms with E-state index >= 15 is 0 Å². The van der Waals surface area contributed by atoms with Crippen molar-refractivity contribution in [3.63, 3.8) is 0 Å². The Morgan fingerprint density at radius 3 is 2.53 bits per heavy atom. The van der Waals surface area contributed by atoms with Gasteiger partial charge in [-0.25, -0.2) is 0 Å². The van der Waals surface area contributed by atoms with E-state index < -0.39 is 0 Å². The van der Waals surface area contributed by atoms with Gasteiger partial charge >= 0.3 is 0 Å². The first-order chi connectivity index (χ1) is 8.31. The van der Waals surface area contributed by atoms with Gasteiger partial charge in [0.1, 0.15) is 0 Å². The zero-order chi connectivity index (χ0) is 12.1. The molecule has 0 aliphatic heterocycles. The van der Waals surface area contributed by atoms with Crippen LogP contribution < -0.4 is 0 Å². The first kappa shape index (κ1) is 13.1. The van der Waals surface area contributed by atoms with Gasteiger partial charge in [0, 0.05) is 5.33 Å². The Balaban J connectivity index is 2.01. The summed E-state index contributed by atoms with van der Waals surface area (Å²) < 4.78 is 0. The quantitative estimate of drug-likeness (QED) is 0.676. The lowest BCUT2D eigenvalue weighted by Crippen LogP contribution is -2.21. The molecule has 1 heteroatoms. The fraction of sp³-hybridized carbons (Fsp3) is 0.625. The van der Waals surface area contributed by atoms with Crippen molar-refractivity contribution in [2.24, 2.45) is 11.8 Å². The Morgan fingerprint density at radius 1 is 1.18 bits per heavy atom. The second-order valence-electron chi connectivity index (χ2n) is 5.44. The first-order valence-corrected chi connectivity index (χ1v) is 8.04. The molecule has 1 aliphatic carbocycles. The zero-order valence-corrected chi connectivity index (χ0v) is 12.4. The van der Waals surface area contributed by atoms with Gasteiger partial charge in [0.05, 0.1) is 0 Å². The van der Waals surface area contributed by atoms with E-state index in [1.807, 2.05) is 0 Å². The minimum Gasteiger partial charge on any atom is -0.0925 e. The lowest BCUT2D eigenvalue weighted by Gasteiger charge is -2.29. The summed E-state index contributed by atoms with van der Waals surface area (Å²) in [7, 11) is 0. The van der Waals surface area contributed by atoms with E-state index in [4.69, 9.17) is 0 Å². The van der Waals surface area contributed by atoms with Crippen LogP contribution in [0, 0.1) is 18.8 Å². The third-order valence-electron chi connectivity index (χ3n) is 4.26. The summed E-state index contributed by atoms with van der Waals surface area (Å²) >= 11 is 3.73. The predicted molar refractivity (Wildman–Crippen MR) is 78.7 cm³/mol. The fourth-order valence-electron chi connectivity index (χ4n) is 3.07. The molecule has 0 heterocycles. The van der Waals surface area contributed by atoms with Crippen molar-refractivity contribution in [1.29, 1.82) is 0 Å². The molecule has 0 N–H and O–H groups in total. The largest absolute Gasteiger partial charge is 0.0925 e. The normalized spacial score (nSPS) is 19.2. The van der Waals surface area contributed by atoms with Gasteiger partial charge in [-0.05, 0) is 36.3 Å².